The fraction of sp³-hybridized carbons (Fsp3) is 0.286. The van der Waals surface area contributed by atoms with Crippen LogP contribution in [0.4, 0.5) is 8.78 Å². The van der Waals surface area contributed by atoms with Crippen molar-refractivity contribution in [1.82, 2.24) is 9.55 Å². The molecule has 4 aromatic rings. The van der Waals surface area contributed by atoms with Gasteiger partial charge in [-0.15, -0.1) is 0 Å². The molecule has 0 amide bonds. The third-order valence-electron chi connectivity index (χ3n) is 5.78. The van der Waals surface area contributed by atoms with Crippen LogP contribution in [0.1, 0.15) is 49.3 Å². The van der Waals surface area contributed by atoms with E-state index in [1.807, 2.05) is 37.3 Å². The van der Waals surface area contributed by atoms with Crippen molar-refractivity contribution in [1.29, 1.82) is 0 Å². The molecule has 2 aromatic heterocycles. The minimum absolute atomic E-state index is 0.0765. The molecule has 0 saturated heterocycles. The number of aryl methyl sites for hydroxylation is 2. The monoisotopic (exact) mass is 478 g/mol. The van der Waals surface area contributed by atoms with Crippen LogP contribution in [-0.2, 0) is 16.1 Å². The number of carboxylic acids is 1. The molecule has 1 unspecified atom stereocenters. The Morgan fingerprint density at radius 2 is 1.77 bits per heavy atom. The molecule has 0 aliphatic heterocycles. The zero-order chi connectivity index (χ0) is 25.5. The van der Waals surface area contributed by atoms with Crippen LogP contribution < -0.4 is 0 Å². The van der Waals surface area contributed by atoms with Gasteiger partial charge in [0.1, 0.15) is 17.3 Å². The summed E-state index contributed by atoms with van der Waals surface area (Å²) >= 11 is 0. The highest BCUT2D eigenvalue weighted by molar-refractivity contribution is 5.97. The summed E-state index contributed by atoms with van der Waals surface area (Å²) in [6.07, 6.45) is 0.510. The molecule has 182 valence electrons. The first-order chi connectivity index (χ1) is 16.4. The average molecular weight is 479 g/mol. The Hall–Kier alpha value is -3.58. The Morgan fingerprint density at radius 3 is 2.40 bits per heavy atom. The number of aliphatic carboxylic acids is 1. The van der Waals surface area contributed by atoms with Gasteiger partial charge in [0.25, 0.3) is 0 Å². The van der Waals surface area contributed by atoms with Gasteiger partial charge < -0.3 is 14.4 Å². The Kier molecular flexibility index (Phi) is 6.47. The van der Waals surface area contributed by atoms with Crippen molar-refractivity contribution in [3.63, 3.8) is 0 Å². The van der Waals surface area contributed by atoms with E-state index in [2.05, 4.69) is 0 Å². The fourth-order valence-corrected chi connectivity index (χ4v) is 4.24. The highest BCUT2D eigenvalue weighted by Gasteiger charge is 2.32. The number of fused-ring (bicyclic) bond motifs is 1. The average Bonchev–Trinajstić information content (AvgIpc) is 3.16. The van der Waals surface area contributed by atoms with E-state index in [9.17, 15) is 18.7 Å². The van der Waals surface area contributed by atoms with Gasteiger partial charge in [0.05, 0.1) is 12.1 Å². The van der Waals surface area contributed by atoms with E-state index in [1.165, 1.54) is 6.07 Å². The van der Waals surface area contributed by atoms with E-state index in [0.29, 0.717) is 27.9 Å². The van der Waals surface area contributed by atoms with Crippen LogP contribution in [0, 0.1) is 25.5 Å². The van der Waals surface area contributed by atoms with Crippen LogP contribution in [0.2, 0.25) is 0 Å². The predicted molar refractivity (Wildman–Crippen MR) is 131 cm³/mol. The number of aromatic nitrogens is 2. The van der Waals surface area contributed by atoms with E-state index in [-0.39, 0.29) is 12.1 Å². The zero-order valence-corrected chi connectivity index (χ0v) is 20.4. The third-order valence-corrected chi connectivity index (χ3v) is 5.78. The smallest absolute Gasteiger partial charge is 0.337 e. The number of pyridine rings is 1. The minimum Gasteiger partial charge on any atom is -0.479 e. The van der Waals surface area contributed by atoms with Gasteiger partial charge in [-0.2, -0.15) is 0 Å². The number of hydrogen-bond donors (Lipinski definition) is 1. The highest BCUT2D eigenvalue weighted by Crippen LogP contribution is 2.40. The molecule has 2 heterocycles. The van der Waals surface area contributed by atoms with Crippen molar-refractivity contribution in [2.75, 3.05) is 0 Å². The summed E-state index contributed by atoms with van der Waals surface area (Å²) in [5.41, 5.74) is 3.57. The molecule has 4 rings (SSSR count). The molecule has 1 N–H and O–H groups in total. The number of nitrogens with zero attached hydrogens (tertiary/aromatic N) is 2. The molecule has 7 heteroatoms. The molecule has 0 spiro atoms. The van der Waals surface area contributed by atoms with E-state index < -0.39 is 29.3 Å². The summed E-state index contributed by atoms with van der Waals surface area (Å²) in [6.45, 7) is 9.21. The lowest BCUT2D eigenvalue weighted by Gasteiger charge is -2.28. The van der Waals surface area contributed by atoms with Crippen LogP contribution in [0.5, 0.6) is 0 Å². The Morgan fingerprint density at radius 1 is 1.09 bits per heavy atom. The Bertz CT molecular complexity index is 1400. The molecule has 0 aliphatic rings. The summed E-state index contributed by atoms with van der Waals surface area (Å²) in [5.74, 6) is -2.14. The van der Waals surface area contributed by atoms with Gasteiger partial charge in [-0.3, -0.25) is 0 Å². The molecule has 0 bridgehead atoms. The number of rotatable bonds is 6. The Labute approximate surface area is 203 Å². The van der Waals surface area contributed by atoms with E-state index in [1.54, 1.807) is 38.5 Å². The van der Waals surface area contributed by atoms with Gasteiger partial charge in [0.2, 0.25) is 0 Å². The summed E-state index contributed by atoms with van der Waals surface area (Å²) in [6, 6.07) is 13.0. The maximum atomic E-state index is 14.4. The summed E-state index contributed by atoms with van der Waals surface area (Å²) in [4.78, 5) is 17.1. The number of ether oxygens (including phenoxy) is 1. The van der Waals surface area contributed by atoms with Crippen molar-refractivity contribution >= 4 is 17.0 Å². The molecule has 0 radical (unpaired) electrons. The molecule has 5 nitrogen and oxygen atoms in total. The number of hydrogen-bond acceptors (Lipinski definition) is 3. The highest BCUT2D eigenvalue weighted by atomic mass is 19.1. The maximum absolute atomic E-state index is 14.4. The van der Waals surface area contributed by atoms with Crippen LogP contribution in [0.25, 0.3) is 22.2 Å². The number of halogens is 2. The SMILES string of the molecule is Cc1ccc(-c2c(C(OC(C)(C)C)C(=O)O)c(C)nc3c2ccn3Cc2cc(F)ccc2F)cc1. The van der Waals surface area contributed by atoms with Crippen LogP contribution >= 0.6 is 0 Å². The second kappa shape index (κ2) is 9.23. The first kappa shape index (κ1) is 24.5. The molecular weight excluding hydrogens is 450 g/mol. The van der Waals surface area contributed by atoms with Crippen LogP contribution in [-0.4, -0.2) is 26.2 Å². The van der Waals surface area contributed by atoms with E-state index >= 15 is 0 Å². The topological polar surface area (TPSA) is 64.3 Å². The second-order valence-electron chi connectivity index (χ2n) is 9.72. The van der Waals surface area contributed by atoms with Crippen LogP contribution in [0.3, 0.4) is 0 Å². The number of carboxylic acid groups (broad SMARTS) is 1. The number of carbonyl (C=O) groups is 1. The summed E-state index contributed by atoms with van der Waals surface area (Å²) in [7, 11) is 0. The van der Waals surface area contributed by atoms with Crippen molar-refractivity contribution < 1.29 is 23.4 Å². The van der Waals surface area contributed by atoms with Gasteiger partial charge in [0.15, 0.2) is 6.10 Å². The third kappa shape index (κ3) is 5.10. The normalized spacial score (nSPS) is 12.8. The van der Waals surface area contributed by atoms with Crippen molar-refractivity contribution in [3.05, 3.63) is 88.7 Å². The molecule has 1 atom stereocenters. The summed E-state index contributed by atoms with van der Waals surface area (Å²) < 4.78 is 35.9. The quantitative estimate of drug-likeness (QED) is 0.340. The van der Waals surface area contributed by atoms with Gasteiger partial charge >= 0.3 is 5.97 Å². The van der Waals surface area contributed by atoms with Crippen molar-refractivity contribution in [2.24, 2.45) is 0 Å². The molecule has 0 fully saturated rings. The van der Waals surface area contributed by atoms with E-state index in [4.69, 9.17) is 9.72 Å². The molecule has 0 aliphatic carbocycles. The molecule has 0 saturated carbocycles. The van der Waals surface area contributed by atoms with Crippen LogP contribution in [0.15, 0.2) is 54.7 Å². The Balaban J connectivity index is 1.97. The molecule has 2 aromatic carbocycles. The first-order valence-electron chi connectivity index (χ1n) is 11.4. The van der Waals surface area contributed by atoms with E-state index in [0.717, 1.165) is 23.3 Å². The standard InChI is InChI=1S/C28H28F2N2O3/c1-16-6-8-18(9-7-16)24-21-12-13-32(15-19-14-20(29)10-11-22(19)30)26(21)31-17(2)23(24)25(27(33)34)35-28(3,4)5/h6-14,25H,15H2,1-5H3,(H,33,34). The van der Waals surface area contributed by atoms with Gasteiger partial charge in [-0.25, -0.2) is 18.6 Å². The maximum Gasteiger partial charge on any atom is 0.337 e. The van der Waals surface area contributed by atoms with Gasteiger partial charge in [-0.05, 0) is 64.4 Å². The zero-order valence-electron chi connectivity index (χ0n) is 20.4. The lowest BCUT2D eigenvalue weighted by atomic mass is 9.92. The number of benzene rings is 2. The van der Waals surface area contributed by atoms with Crippen molar-refractivity contribution in [2.45, 2.75) is 52.9 Å². The summed E-state index contributed by atoms with van der Waals surface area (Å²) in [5, 5.41) is 10.8. The molecular formula is C28H28F2N2O3. The fourth-order valence-electron chi connectivity index (χ4n) is 4.24. The molecule has 35 heavy (non-hydrogen) atoms. The van der Waals surface area contributed by atoms with Crippen molar-refractivity contribution in [3.8, 4) is 11.1 Å². The lowest BCUT2D eigenvalue weighted by Crippen LogP contribution is -2.28. The minimum atomic E-state index is -1.24. The first-order valence-corrected chi connectivity index (χ1v) is 11.4. The largest absolute Gasteiger partial charge is 0.479 e. The second-order valence-corrected chi connectivity index (χ2v) is 9.72. The lowest BCUT2D eigenvalue weighted by molar-refractivity contribution is -0.160. The predicted octanol–water partition coefficient (Wildman–Crippen LogP) is 6.59. The van der Waals surface area contributed by atoms with Gasteiger partial charge in [0, 0.05) is 34.0 Å². The van der Waals surface area contributed by atoms with Gasteiger partial charge in [-0.1, -0.05) is 29.8 Å².